The molecule has 0 amide bonds. The average molecular weight is 373 g/mol. The second-order valence-electron chi connectivity index (χ2n) is 6.82. The molecule has 134 valence electrons. The molecule has 0 aliphatic rings. The molecule has 0 saturated carbocycles. The van der Waals surface area contributed by atoms with E-state index in [2.05, 4.69) is 54.6 Å². The van der Waals surface area contributed by atoms with E-state index < -0.39 is 0 Å². The summed E-state index contributed by atoms with van der Waals surface area (Å²) in [5.74, 6) is 0.217. The van der Waals surface area contributed by atoms with Gasteiger partial charge < -0.3 is 4.90 Å². The SMILES string of the molecule is O=C(C[NH+](Cc1ccccc1)Cc1ccccc1)c1csc2ccccc12. The Morgan fingerprint density at radius 1 is 0.741 bits per heavy atom. The van der Waals surface area contributed by atoms with Crippen LogP contribution in [0.3, 0.4) is 0 Å². The van der Waals surface area contributed by atoms with Crippen LogP contribution < -0.4 is 4.90 Å². The van der Waals surface area contributed by atoms with Gasteiger partial charge in [0.15, 0.2) is 0 Å². The number of hydrogen-bond acceptors (Lipinski definition) is 2. The molecule has 2 nitrogen and oxygen atoms in total. The predicted molar refractivity (Wildman–Crippen MR) is 112 cm³/mol. The first-order valence-corrected chi connectivity index (χ1v) is 10.1. The fraction of sp³-hybridized carbons (Fsp3) is 0.125. The quantitative estimate of drug-likeness (QED) is 0.478. The lowest BCUT2D eigenvalue weighted by atomic mass is 10.1. The molecular weight excluding hydrogens is 350 g/mol. The Labute approximate surface area is 163 Å². The molecule has 0 unspecified atom stereocenters. The molecular formula is C24H22NOS+. The third-order valence-electron chi connectivity index (χ3n) is 4.79. The minimum Gasteiger partial charge on any atom is -0.321 e. The van der Waals surface area contributed by atoms with Gasteiger partial charge in [-0.05, 0) is 6.07 Å². The van der Waals surface area contributed by atoms with Gasteiger partial charge in [-0.1, -0.05) is 78.9 Å². The standard InChI is InChI=1S/C24H21NOS/c26-23(22-18-27-24-14-8-7-13-21(22)24)17-25(15-19-9-3-1-4-10-19)16-20-11-5-2-6-12-20/h1-14,18H,15-17H2/p+1. The number of carbonyl (C=O) groups is 1. The number of nitrogens with one attached hydrogen (secondary N) is 1. The van der Waals surface area contributed by atoms with E-state index in [0.29, 0.717) is 6.54 Å². The molecule has 0 atom stereocenters. The van der Waals surface area contributed by atoms with Crippen molar-refractivity contribution in [3.63, 3.8) is 0 Å². The maximum atomic E-state index is 13.1. The molecule has 1 aromatic heterocycles. The Hall–Kier alpha value is -2.75. The molecule has 0 bridgehead atoms. The summed E-state index contributed by atoms with van der Waals surface area (Å²) in [6.45, 7) is 2.16. The molecule has 0 radical (unpaired) electrons. The van der Waals surface area contributed by atoms with E-state index in [1.54, 1.807) is 11.3 Å². The van der Waals surface area contributed by atoms with Crippen molar-refractivity contribution in [1.82, 2.24) is 0 Å². The molecule has 4 aromatic rings. The molecule has 1 heterocycles. The normalized spacial score (nSPS) is 11.1. The number of thiophene rings is 1. The van der Waals surface area contributed by atoms with Crippen molar-refractivity contribution in [2.75, 3.05) is 6.54 Å². The third-order valence-corrected chi connectivity index (χ3v) is 5.75. The van der Waals surface area contributed by atoms with Gasteiger partial charge in [-0.3, -0.25) is 4.79 Å². The van der Waals surface area contributed by atoms with Crippen molar-refractivity contribution in [3.8, 4) is 0 Å². The van der Waals surface area contributed by atoms with E-state index in [4.69, 9.17) is 0 Å². The van der Waals surface area contributed by atoms with Gasteiger partial charge in [-0.15, -0.1) is 11.3 Å². The lowest BCUT2D eigenvalue weighted by molar-refractivity contribution is -0.919. The Kier molecular flexibility index (Phi) is 5.42. The summed E-state index contributed by atoms with van der Waals surface area (Å²) in [4.78, 5) is 14.4. The van der Waals surface area contributed by atoms with E-state index in [0.717, 1.165) is 24.0 Å². The monoisotopic (exact) mass is 372 g/mol. The van der Waals surface area contributed by atoms with Crippen molar-refractivity contribution in [2.24, 2.45) is 0 Å². The molecule has 4 rings (SSSR count). The zero-order valence-electron chi connectivity index (χ0n) is 15.1. The first-order valence-electron chi connectivity index (χ1n) is 9.20. The molecule has 1 N–H and O–H groups in total. The van der Waals surface area contributed by atoms with Gasteiger partial charge in [0.2, 0.25) is 5.78 Å². The smallest absolute Gasteiger partial charge is 0.218 e. The van der Waals surface area contributed by atoms with Crippen LogP contribution in [-0.2, 0) is 13.1 Å². The van der Waals surface area contributed by atoms with Crippen LogP contribution in [0.2, 0.25) is 0 Å². The zero-order chi connectivity index (χ0) is 18.5. The highest BCUT2D eigenvalue weighted by atomic mass is 32.1. The number of quaternary nitrogens is 1. The van der Waals surface area contributed by atoms with E-state index in [9.17, 15) is 4.79 Å². The highest BCUT2D eigenvalue weighted by molar-refractivity contribution is 7.17. The van der Waals surface area contributed by atoms with Gasteiger partial charge in [0.1, 0.15) is 19.6 Å². The number of ketones is 1. The number of rotatable bonds is 7. The second-order valence-corrected chi connectivity index (χ2v) is 7.73. The third kappa shape index (κ3) is 4.33. The van der Waals surface area contributed by atoms with Crippen LogP contribution in [0.1, 0.15) is 21.5 Å². The lowest BCUT2D eigenvalue weighted by Crippen LogP contribution is -3.10. The molecule has 0 fully saturated rings. The summed E-state index contributed by atoms with van der Waals surface area (Å²) in [6.07, 6.45) is 0. The van der Waals surface area contributed by atoms with E-state index in [-0.39, 0.29) is 5.78 Å². The van der Waals surface area contributed by atoms with Crippen molar-refractivity contribution < 1.29 is 9.69 Å². The highest BCUT2D eigenvalue weighted by Gasteiger charge is 2.19. The molecule has 27 heavy (non-hydrogen) atoms. The van der Waals surface area contributed by atoms with Crippen LogP contribution >= 0.6 is 11.3 Å². The van der Waals surface area contributed by atoms with Crippen LogP contribution in [0, 0.1) is 0 Å². The number of Topliss-reactive ketones (excluding diaryl/α,β-unsaturated/α-hetero) is 1. The number of hydrogen-bond donors (Lipinski definition) is 1. The lowest BCUT2D eigenvalue weighted by Gasteiger charge is -2.19. The van der Waals surface area contributed by atoms with Crippen LogP contribution in [0.5, 0.6) is 0 Å². The maximum absolute atomic E-state index is 13.1. The Bertz CT molecular complexity index is 982. The summed E-state index contributed by atoms with van der Waals surface area (Å²) >= 11 is 1.65. The van der Waals surface area contributed by atoms with Crippen molar-refractivity contribution in [2.45, 2.75) is 13.1 Å². The van der Waals surface area contributed by atoms with Crippen LogP contribution in [-0.4, -0.2) is 12.3 Å². The minimum atomic E-state index is 0.217. The average Bonchev–Trinajstić information content (AvgIpc) is 3.14. The van der Waals surface area contributed by atoms with Crippen LogP contribution in [0.25, 0.3) is 10.1 Å². The van der Waals surface area contributed by atoms with Gasteiger partial charge in [0.05, 0.1) is 0 Å². The van der Waals surface area contributed by atoms with Crippen LogP contribution in [0.4, 0.5) is 0 Å². The highest BCUT2D eigenvalue weighted by Crippen LogP contribution is 2.25. The topological polar surface area (TPSA) is 21.5 Å². The second kappa shape index (κ2) is 8.30. The molecule has 0 saturated heterocycles. The van der Waals surface area contributed by atoms with Crippen LogP contribution in [0.15, 0.2) is 90.3 Å². The molecule has 0 spiro atoms. The van der Waals surface area contributed by atoms with Gasteiger partial charge >= 0.3 is 0 Å². The molecule has 3 heteroatoms. The number of benzene rings is 3. The van der Waals surface area contributed by atoms with Gasteiger partial charge in [0.25, 0.3) is 0 Å². The molecule has 0 aliphatic carbocycles. The minimum absolute atomic E-state index is 0.217. The summed E-state index contributed by atoms with van der Waals surface area (Å²) < 4.78 is 1.17. The Morgan fingerprint density at radius 3 is 1.93 bits per heavy atom. The summed E-state index contributed by atoms with van der Waals surface area (Å²) in [6, 6.07) is 29.0. The Balaban J connectivity index is 1.57. The fourth-order valence-corrected chi connectivity index (χ4v) is 4.44. The zero-order valence-corrected chi connectivity index (χ0v) is 15.9. The summed E-state index contributed by atoms with van der Waals surface area (Å²) in [7, 11) is 0. The van der Waals surface area contributed by atoms with E-state index in [1.807, 2.05) is 35.7 Å². The first kappa shape index (κ1) is 17.7. The predicted octanol–water partition coefficient (Wildman–Crippen LogP) is 4.37. The molecule has 0 aliphatic heterocycles. The van der Waals surface area contributed by atoms with Gasteiger partial charge in [-0.2, -0.15) is 0 Å². The number of fused-ring (bicyclic) bond motifs is 1. The molecule has 3 aromatic carbocycles. The van der Waals surface area contributed by atoms with E-state index >= 15 is 0 Å². The fourth-order valence-electron chi connectivity index (χ4n) is 3.47. The summed E-state index contributed by atoms with van der Waals surface area (Å²) in [5.41, 5.74) is 3.37. The number of carbonyl (C=O) groups excluding carboxylic acids is 1. The van der Waals surface area contributed by atoms with Gasteiger partial charge in [0, 0.05) is 32.2 Å². The van der Waals surface area contributed by atoms with Crippen molar-refractivity contribution in [3.05, 3.63) is 107 Å². The van der Waals surface area contributed by atoms with E-state index in [1.165, 1.54) is 20.7 Å². The first-order chi connectivity index (χ1) is 13.3. The Morgan fingerprint density at radius 2 is 1.30 bits per heavy atom. The largest absolute Gasteiger partial charge is 0.321 e. The maximum Gasteiger partial charge on any atom is 0.218 e. The van der Waals surface area contributed by atoms with Crippen molar-refractivity contribution in [1.29, 1.82) is 0 Å². The summed E-state index contributed by atoms with van der Waals surface area (Å²) in [5, 5.41) is 3.08. The van der Waals surface area contributed by atoms with Crippen molar-refractivity contribution >= 4 is 27.2 Å². The van der Waals surface area contributed by atoms with Gasteiger partial charge in [-0.25, -0.2) is 0 Å².